The van der Waals surface area contributed by atoms with Gasteiger partial charge in [0, 0.05) is 37.6 Å². The first-order valence-corrected chi connectivity index (χ1v) is 5.68. The fourth-order valence-electron chi connectivity index (χ4n) is 1.62. The van der Waals surface area contributed by atoms with Gasteiger partial charge in [-0.2, -0.15) is 0 Å². The number of halogens is 1. The summed E-state index contributed by atoms with van der Waals surface area (Å²) in [5.74, 6) is 0. The molecule has 0 saturated carbocycles. The predicted octanol–water partition coefficient (Wildman–Crippen LogP) is 2.97. The molecule has 1 N–H and O–H groups in total. The van der Waals surface area contributed by atoms with E-state index in [4.69, 9.17) is 11.6 Å². The lowest BCUT2D eigenvalue weighted by atomic mass is 10.2. The van der Waals surface area contributed by atoms with Gasteiger partial charge in [-0.05, 0) is 29.3 Å². The molecule has 0 saturated heterocycles. The van der Waals surface area contributed by atoms with Crippen molar-refractivity contribution < 1.29 is 0 Å². The lowest BCUT2D eigenvalue weighted by Gasteiger charge is -2.03. The topological polar surface area (TPSA) is 17.0 Å². The number of nitrogens with one attached hydrogen (secondary N) is 1. The average molecular weight is 235 g/mol. The number of hydrogen-bond acceptors (Lipinski definition) is 1. The zero-order valence-corrected chi connectivity index (χ0v) is 10.0. The Hall–Kier alpha value is -1.25. The van der Waals surface area contributed by atoms with Crippen molar-refractivity contribution in [3.05, 3.63) is 58.9 Å². The van der Waals surface area contributed by atoms with Crippen molar-refractivity contribution in [3.8, 4) is 0 Å². The van der Waals surface area contributed by atoms with Gasteiger partial charge in [0.15, 0.2) is 0 Å². The van der Waals surface area contributed by atoms with Gasteiger partial charge in [0.1, 0.15) is 0 Å². The van der Waals surface area contributed by atoms with Crippen LogP contribution in [0.15, 0.2) is 42.7 Å². The highest BCUT2D eigenvalue weighted by Gasteiger charge is 1.95. The third-order valence-electron chi connectivity index (χ3n) is 2.46. The molecule has 0 amide bonds. The molecule has 0 radical (unpaired) electrons. The number of rotatable bonds is 4. The van der Waals surface area contributed by atoms with E-state index in [0.29, 0.717) is 0 Å². The van der Waals surface area contributed by atoms with Crippen molar-refractivity contribution in [2.75, 3.05) is 0 Å². The summed E-state index contributed by atoms with van der Waals surface area (Å²) in [4.78, 5) is 0. The fourth-order valence-corrected chi connectivity index (χ4v) is 1.74. The summed E-state index contributed by atoms with van der Waals surface area (Å²) in [5.41, 5.74) is 2.55. The van der Waals surface area contributed by atoms with Gasteiger partial charge in [-0.3, -0.25) is 0 Å². The van der Waals surface area contributed by atoms with Crippen molar-refractivity contribution in [1.82, 2.24) is 9.88 Å². The van der Waals surface area contributed by atoms with Gasteiger partial charge in [0.25, 0.3) is 0 Å². The molecule has 3 heteroatoms. The minimum Gasteiger partial charge on any atom is -0.357 e. The molecule has 0 aliphatic heterocycles. The Balaban J connectivity index is 1.82. The van der Waals surface area contributed by atoms with Crippen LogP contribution < -0.4 is 5.32 Å². The molecular weight excluding hydrogens is 220 g/mol. The average Bonchev–Trinajstić information content (AvgIpc) is 2.67. The van der Waals surface area contributed by atoms with Gasteiger partial charge in [-0.25, -0.2) is 0 Å². The van der Waals surface area contributed by atoms with Crippen LogP contribution in [0.25, 0.3) is 0 Å². The smallest absolute Gasteiger partial charge is 0.0406 e. The number of benzene rings is 1. The quantitative estimate of drug-likeness (QED) is 0.861. The SMILES string of the molecule is Cn1ccc(CNCc2ccc(Cl)cc2)c1. The van der Waals surface area contributed by atoms with Gasteiger partial charge >= 0.3 is 0 Å². The summed E-state index contributed by atoms with van der Waals surface area (Å²) in [6.07, 6.45) is 4.17. The number of hydrogen-bond donors (Lipinski definition) is 1. The summed E-state index contributed by atoms with van der Waals surface area (Å²) in [5, 5.41) is 4.18. The normalized spacial score (nSPS) is 10.6. The van der Waals surface area contributed by atoms with E-state index in [1.54, 1.807) is 0 Å². The highest BCUT2D eigenvalue weighted by Crippen LogP contribution is 2.09. The maximum Gasteiger partial charge on any atom is 0.0406 e. The minimum absolute atomic E-state index is 0.784. The first kappa shape index (κ1) is 11.2. The van der Waals surface area contributed by atoms with Crippen LogP contribution in [-0.4, -0.2) is 4.57 Å². The minimum atomic E-state index is 0.784. The largest absolute Gasteiger partial charge is 0.357 e. The molecule has 0 fully saturated rings. The van der Waals surface area contributed by atoms with Gasteiger partial charge in [-0.1, -0.05) is 23.7 Å². The summed E-state index contributed by atoms with van der Waals surface area (Å²) in [7, 11) is 2.03. The molecule has 0 unspecified atom stereocenters. The van der Waals surface area contributed by atoms with Crippen LogP contribution in [0.3, 0.4) is 0 Å². The van der Waals surface area contributed by atoms with E-state index in [2.05, 4.69) is 28.3 Å². The molecular formula is C13H15ClN2. The van der Waals surface area contributed by atoms with Gasteiger partial charge in [0.2, 0.25) is 0 Å². The zero-order chi connectivity index (χ0) is 11.4. The molecule has 2 rings (SSSR count). The van der Waals surface area contributed by atoms with Crippen molar-refractivity contribution in [2.45, 2.75) is 13.1 Å². The molecule has 0 spiro atoms. The molecule has 2 nitrogen and oxygen atoms in total. The van der Waals surface area contributed by atoms with Crippen LogP contribution in [-0.2, 0) is 20.1 Å². The van der Waals surface area contributed by atoms with Gasteiger partial charge in [-0.15, -0.1) is 0 Å². The second-order valence-electron chi connectivity index (χ2n) is 3.92. The maximum absolute atomic E-state index is 5.82. The van der Waals surface area contributed by atoms with Crippen molar-refractivity contribution in [3.63, 3.8) is 0 Å². The summed E-state index contributed by atoms with van der Waals surface area (Å²) in [6.45, 7) is 1.76. The monoisotopic (exact) mass is 234 g/mol. The van der Waals surface area contributed by atoms with Crippen molar-refractivity contribution in [1.29, 1.82) is 0 Å². The Bertz CT molecular complexity index is 445. The second-order valence-corrected chi connectivity index (χ2v) is 4.35. The Kier molecular flexibility index (Phi) is 3.65. The highest BCUT2D eigenvalue weighted by molar-refractivity contribution is 6.30. The number of aryl methyl sites for hydroxylation is 1. The zero-order valence-electron chi connectivity index (χ0n) is 9.28. The molecule has 16 heavy (non-hydrogen) atoms. The van der Waals surface area contributed by atoms with E-state index in [9.17, 15) is 0 Å². The van der Waals surface area contributed by atoms with Crippen LogP contribution in [0.2, 0.25) is 5.02 Å². The number of aromatic nitrogens is 1. The van der Waals surface area contributed by atoms with E-state index in [-0.39, 0.29) is 0 Å². The molecule has 1 aromatic heterocycles. The molecule has 0 bridgehead atoms. The summed E-state index contributed by atoms with van der Waals surface area (Å²) < 4.78 is 2.05. The lowest BCUT2D eigenvalue weighted by Crippen LogP contribution is -2.12. The molecule has 1 heterocycles. The molecule has 0 aliphatic carbocycles. The van der Waals surface area contributed by atoms with E-state index in [1.807, 2.05) is 31.3 Å². The Labute approximate surface area is 101 Å². The van der Waals surface area contributed by atoms with E-state index < -0.39 is 0 Å². The van der Waals surface area contributed by atoms with Gasteiger partial charge in [0.05, 0.1) is 0 Å². The Morgan fingerprint density at radius 2 is 1.75 bits per heavy atom. The fraction of sp³-hybridized carbons (Fsp3) is 0.231. The number of nitrogens with zero attached hydrogens (tertiary/aromatic N) is 1. The third-order valence-corrected chi connectivity index (χ3v) is 2.72. The summed E-state index contributed by atoms with van der Waals surface area (Å²) in [6, 6.07) is 10.0. The standard InChI is InChI=1S/C13H15ClN2/c1-16-7-6-12(10-16)9-15-8-11-2-4-13(14)5-3-11/h2-7,10,15H,8-9H2,1H3. The Morgan fingerprint density at radius 3 is 2.38 bits per heavy atom. The van der Waals surface area contributed by atoms with Crippen LogP contribution in [0.5, 0.6) is 0 Å². The maximum atomic E-state index is 5.82. The second kappa shape index (κ2) is 5.19. The molecule has 84 valence electrons. The van der Waals surface area contributed by atoms with Crippen molar-refractivity contribution >= 4 is 11.6 Å². The van der Waals surface area contributed by atoms with Crippen LogP contribution in [0.4, 0.5) is 0 Å². The predicted molar refractivity (Wildman–Crippen MR) is 67.4 cm³/mol. The Morgan fingerprint density at radius 1 is 1.06 bits per heavy atom. The highest BCUT2D eigenvalue weighted by atomic mass is 35.5. The van der Waals surface area contributed by atoms with E-state index in [0.717, 1.165) is 18.1 Å². The van der Waals surface area contributed by atoms with E-state index in [1.165, 1.54) is 11.1 Å². The van der Waals surface area contributed by atoms with Crippen LogP contribution >= 0.6 is 11.6 Å². The third kappa shape index (κ3) is 3.12. The molecule has 0 aliphatic rings. The van der Waals surface area contributed by atoms with Crippen molar-refractivity contribution in [2.24, 2.45) is 7.05 Å². The first-order valence-electron chi connectivity index (χ1n) is 5.30. The van der Waals surface area contributed by atoms with Gasteiger partial charge < -0.3 is 9.88 Å². The van der Waals surface area contributed by atoms with Crippen LogP contribution in [0, 0.1) is 0 Å². The molecule has 1 aromatic carbocycles. The molecule has 2 aromatic rings. The molecule has 0 atom stereocenters. The summed E-state index contributed by atoms with van der Waals surface area (Å²) >= 11 is 5.82. The van der Waals surface area contributed by atoms with Crippen LogP contribution in [0.1, 0.15) is 11.1 Å². The van der Waals surface area contributed by atoms with E-state index >= 15 is 0 Å². The lowest BCUT2D eigenvalue weighted by molar-refractivity contribution is 0.692. The first-order chi connectivity index (χ1) is 7.74.